The molecule has 0 spiro atoms. The summed E-state index contributed by atoms with van der Waals surface area (Å²) in [5.74, 6) is -0.551. The number of esters is 1. The molecule has 0 aliphatic rings. The third-order valence-electron chi connectivity index (χ3n) is 3.04. The third kappa shape index (κ3) is 3.14. The van der Waals surface area contributed by atoms with Gasteiger partial charge < -0.3 is 10.5 Å². The van der Waals surface area contributed by atoms with Crippen LogP contribution in [0.3, 0.4) is 0 Å². The van der Waals surface area contributed by atoms with Gasteiger partial charge in [0.2, 0.25) is 0 Å². The van der Waals surface area contributed by atoms with Gasteiger partial charge >= 0.3 is 5.97 Å². The average Bonchev–Trinajstić information content (AvgIpc) is 2.74. The highest BCUT2D eigenvalue weighted by atomic mass is 35.5. The number of anilines is 1. The minimum atomic E-state index is -0.551. The van der Waals surface area contributed by atoms with E-state index in [4.69, 9.17) is 33.7 Å². The molecular formula is C14H15Cl2N3O2. The predicted octanol–water partition coefficient (Wildman–Crippen LogP) is 3.46. The number of nitrogens with two attached hydrogens (primary N) is 1. The Kier molecular flexibility index (Phi) is 4.75. The van der Waals surface area contributed by atoms with Crippen molar-refractivity contribution in [2.75, 3.05) is 5.73 Å². The summed E-state index contributed by atoms with van der Waals surface area (Å²) in [6.45, 7) is 4.40. The number of nitrogen functional groups attached to an aromatic ring is 1. The van der Waals surface area contributed by atoms with E-state index in [0.717, 1.165) is 0 Å². The third-order valence-corrected chi connectivity index (χ3v) is 3.95. The van der Waals surface area contributed by atoms with Gasteiger partial charge in [0.15, 0.2) is 0 Å². The number of aryl methyl sites for hydroxylation is 2. The molecule has 2 N–H and O–H groups in total. The number of rotatable bonds is 4. The van der Waals surface area contributed by atoms with Gasteiger partial charge in [-0.3, -0.25) is 4.68 Å². The van der Waals surface area contributed by atoms with Gasteiger partial charge in [-0.25, -0.2) is 4.79 Å². The Morgan fingerprint density at radius 1 is 1.38 bits per heavy atom. The number of nitrogens with zero attached hydrogens (tertiary/aromatic N) is 2. The van der Waals surface area contributed by atoms with Gasteiger partial charge in [-0.2, -0.15) is 5.10 Å². The summed E-state index contributed by atoms with van der Waals surface area (Å²) in [7, 11) is 0. The van der Waals surface area contributed by atoms with Gasteiger partial charge in [0.05, 0.1) is 32.7 Å². The molecule has 0 amide bonds. The van der Waals surface area contributed by atoms with E-state index in [1.165, 1.54) is 0 Å². The van der Waals surface area contributed by atoms with Crippen LogP contribution in [0.25, 0.3) is 0 Å². The number of halogens is 2. The summed E-state index contributed by atoms with van der Waals surface area (Å²) in [5.41, 5.74) is 7.58. The molecule has 1 aromatic carbocycles. The van der Waals surface area contributed by atoms with Crippen LogP contribution in [0.4, 0.5) is 5.69 Å². The van der Waals surface area contributed by atoms with Crippen LogP contribution in [-0.2, 0) is 17.9 Å². The van der Waals surface area contributed by atoms with Crippen LogP contribution in [0, 0.1) is 6.92 Å². The van der Waals surface area contributed by atoms with Crippen LogP contribution in [0.2, 0.25) is 10.0 Å². The smallest absolute Gasteiger partial charge is 0.340 e. The van der Waals surface area contributed by atoms with Crippen LogP contribution < -0.4 is 5.73 Å². The fourth-order valence-electron chi connectivity index (χ4n) is 1.93. The molecule has 0 unspecified atom stereocenters. The number of carbonyl (C=O) groups excluding carboxylic acids is 1. The maximum absolute atomic E-state index is 12.1. The zero-order chi connectivity index (χ0) is 15.6. The first-order valence-corrected chi connectivity index (χ1v) is 7.14. The molecule has 1 heterocycles. The summed E-state index contributed by atoms with van der Waals surface area (Å²) in [5, 5.41) is 4.95. The molecule has 1 aromatic heterocycles. The summed E-state index contributed by atoms with van der Waals surface area (Å²) in [4.78, 5) is 12.1. The van der Waals surface area contributed by atoms with Crippen LogP contribution >= 0.6 is 23.2 Å². The summed E-state index contributed by atoms with van der Waals surface area (Å²) >= 11 is 12.2. The zero-order valence-electron chi connectivity index (χ0n) is 11.7. The van der Waals surface area contributed by atoms with E-state index in [-0.39, 0.29) is 17.2 Å². The normalized spacial score (nSPS) is 10.7. The summed E-state index contributed by atoms with van der Waals surface area (Å²) < 4.78 is 6.96. The molecule has 7 heteroatoms. The number of ether oxygens (including phenoxy) is 1. The number of aromatic nitrogens is 2. The van der Waals surface area contributed by atoms with Crippen molar-refractivity contribution in [2.24, 2.45) is 0 Å². The van der Waals surface area contributed by atoms with Gasteiger partial charge in [-0.1, -0.05) is 29.3 Å². The van der Waals surface area contributed by atoms with Crippen LogP contribution in [-0.4, -0.2) is 15.7 Å². The quantitative estimate of drug-likeness (QED) is 0.689. The molecular weight excluding hydrogens is 313 g/mol. The number of hydrogen-bond acceptors (Lipinski definition) is 4. The molecule has 0 atom stereocenters. The number of hydrogen-bond donors (Lipinski definition) is 1. The van der Waals surface area contributed by atoms with Crippen molar-refractivity contribution < 1.29 is 9.53 Å². The van der Waals surface area contributed by atoms with Crippen molar-refractivity contribution in [1.29, 1.82) is 0 Å². The van der Waals surface area contributed by atoms with Crippen LogP contribution in [0.5, 0.6) is 0 Å². The van der Waals surface area contributed by atoms with Crippen LogP contribution in [0.15, 0.2) is 18.2 Å². The minimum absolute atomic E-state index is 0.0253. The second kappa shape index (κ2) is 6.37. The average molecular weight is 328 g/mol. The maximum atomic E-state index is 12.1. The first-order chi connectivity index (χ1) is 9.95. The Bertz CT molecular complexity index is 683. The van der Waals surface area contributed by atoms with Crippen molar-refractivity contribution in [1.82, 2.24) is 9.78 Å². The van der Waals surface area contributed by atoms with E-state index < -0.39 is 5.97 Å². The molecule has 2 rings (SSSR count). The van der Waals surface area contributed by atoms with E-state index >= 15 is 0 Å². The van der Waals surface area contributed by atoms with E-state index in [9.17, 15) is 4.79 Å². The highest BCUT2D eigenvalue weighted by Gasteiger charge is 2.17. The van der Waals surface area contributed by atoms with Gasteiger partial charge in [0.25, 0.3) is 0 Å². The zero-order valence-corrected chi connectivity index (χ0v) is 13.2. The highest BCUT2D eigenvalue weighted by Crippen LogP contribution is 2.25. The molecule has 0 saturated heterocycles. The van der Waals surface area contributed by atoms with E-state index in [1.807, 2.05) is 6.92 Å². The van der Waals surface area contributed by atoms with Crippen LogP contribution in [0.1, 0.15) is 28.7 Å². The highest BCUT2D eigenvalue weighted by molar-refractivity contribution is 6.36. The topological polar surface area (TPSA) is 70.1 Å². The molecule has 0 aliphatic carbocycles. The van der Waals surface area contributed by atoms with E-state index in [2.05, 4.69) is 5.10 Å². The molecule has 0 bridgehead atoms. The standard InChI is InChI=1S/C14H15Cl2N3O2/c1-3-19-11(12(15)8(2)18-19)7-21-14(20)9-5-4-6-10(17)13(9)16/h4-6H,3,7,17H2,1-2H3. The van der Waals surface area contributed by atoms with Gasteiger partial charge in [0, 0.05) is 6.54 Å². The lowest BCUT2D eigenvalue weighted by Crippen LogP contribution is -2.10. The molecule has 0 aliphatic heterocycles. The molecule has 0 radical (unpaired) electrons. The Hall–Kier alpha value is -1.72. The fraction of sp³-hybridized carbons (Fsp3) is 0.286. The van der Waals surface area contributed by atoms with Gasteiger partial charge in [-0.05, 0) is 26.0 Å². The summed E-state index contributed by atoms with van der Waals surface area (Å²) in [6, 6.07) is 4.82. The Labute approximate surface area is 132 Å². The molecule has 0 fully saturated rings. The largest absolute Gasteiger partial charge is 0.455 e. The first kappa shape index (κ1) is 15.7. The maximum Gasteiger partial charge on any atom is 0.340 e. The first-order valence-electron chi connectivity index (χ1n) is 6.38. The van der Waals surface area contributed by atoms with Gasteiger partial charge in [0.1, 0.15) is 6.61 Å². The van der Waals surface area contributed by atoms with Crippen molar-refractivity contribution >= 4 is 34.9 Å². The van der Waals surface area contributed by atoms with Crippen molar-refractivity contribution in [3.05, 3.63) is 45.2 Å². The lowest BCUT2D eigenvalue weighted by atomic mass is 10.2. The summed E-state index contributed by atoms with van der Waals surface area (Å²) in [6.07, 6.45) is 0. The fourth-order valence-corrected chi connectivity index (χ4v) is 2.32. The molecule has 112 valence electrons. The Morgan fingerprint density at radius 2 is 2.10 bits per heavy atom. The molecule has 5 nitrogen and oxygen atoms in total. The van der Waals surface area contributed by atoms with E-state index in [1.54, 1.807) is 29.8 Å². The Balaban J connectivity index is 2.17. The minimum Gasteiger partial charge on any atom is -0.455 e. The number of benzene rings is 1. The SMILES string of the molecule is CCn1nc(C)c(Cl)c1COC(=O)c1cccc(N)c1Cl. The predicted molar refractivity (Wildman–Crippen MR) is 82.6 cm³/mol. The molecule has 2 aromatic rings. The second-order valence-electron chi connectivity index (χ2n) is 4.45. The van der Waals surface area contributed by atoms with Gasteiger partial charge in [-0.15, -0.1) is 0 Å². The Morgan fingerprint density at radius 3 is 2.76 bits per heavy atom. The van der Waals surface area contributed by atoms with Crippen molar-refractivity contribution in [3.8, 4) is 0 Å². The molecule has 21 heavy (non-hydrogen) atoms. The van der Waals surface area contributed by atoms with E-state index in [0.29, 0.717) is 28.6 Å². The lowest BCUT2D eigenvalue weighted by Gasteiger charge is -2.09. The van der Waals surface area contributed by atoms with Crippen molar-refractivity contribution in [3.63, 3.8) is 0 Å². The number of carbonyl (C=O) groups is 1. The lowest BCUT2D eigenvalue weighted by molar-refractivity contribution is 0.0463. The van der Waals surface area contributed by atoms with Crippen molar-refractivity contribution in [2.45, 2.75) is 27.0 Å². The second-order valence-corrected chi connectivity index (χ2v) is 5.20. The monoisotopic (exact) mass is 327 g/mol. The molecule has 0 saturated carbocycles.